The molecule has 1 aliphatic rings. The first-order valence-electron chi connectivity index (χ1n) is 5.55. The largest absolute Gasteiger partial charge is 0.396 e. The molecule has 1 heterocycles. The maximum atomic E-state index is 9.28. The van der Waals surface area contributed by atoms with Crippen LogP contribution >= 0.6 is 0 Å². The summed E-state index contributed by atoms with van der Waals surface area (Å²) < 4.78 is 0. The van der Waals surface area contributed by atoms with E-state index in [4.69, 9.17) is 0 Å². The van der Waals surface area contributed by atoms with E-state index in [2.05, 4.69) is 16.4 Å². The number of aromatic nitrogens is 1. The molecule has 0 amide bonds. The molecule has 1 fully saturated rings. The van der Waals surface area contributed by atoms with E-state index in [9.17, 15) is 5.11 Å². The smallest absolute Gasteiger partial charge is 0.0499 e. The molecule has 0 radical (unpaired) electrons. The number of pyridine rings is 1. The first-order chi connectivity index (χ1) is 7.35. The Morgan fingerprint density at radius 2 is 2.33 bits per heavy atom. The lowest BCUT2D eigenvalue weighted by atomic mass is 9.69. The van der Waals surface area contributed by atoms with E-state index < -0.39 is 0 Å². The first kappa shape index (κ1) is 10.6. The van der Waals surface area contributed by atoms with Crippen LogP contribution in [0.15, 0.2) is 24.5 Å². The highest BCUT2D eigenvalue weighted by molar-refractivity contribution is 5.08. The number of hydrogen-bond acceptors (Lipinski definition) is 3. The molecular formula is C12H18N2O. The highest BCUT2D eigenvalue weighted by Gasteiger charge is 2.35. The molecule has 0 aromatic carbocycles. The van der Waals surface area contributed by atoms with Crippen molar-refractivity contribution in [3.63, 3.8) is 0 Å². The van der Waals surface area contributed by atoms with Crippen LogP contribution < -0.4 is 5.32 Å². The normalized spacial score (nSPS) is 18.5. The number of aliphatic hydroxyl groups excluding tert-OH is 1. The zero-order valence-electron chi connectivity index (χ0n) is 8.95. The molecule has 2 rings (SSSR count). The van der Waals surface area contributed by atoms with Gasteiger partial charge < -0.3 is 10.4 Å². The maximum Gasteiger partial charge on any atom is 0.0499 e. The molecule has 2 N–H and O–H groups in total. The van der Waals surface area contributed by atoms with Crippen molar-refractivity contribution in [2.75, 3.05) is 13.2 Å². The lowest BCUT2D eigenvalue weighted by Crippen LogP contribution is -2.42. The fraction of sp³-hybridized carbons (Fsp3) is 0.583. The quantitative estimate of drug-likeness (QED) is 0.764. The lowest BCUT2D eigenvalue weighted by molar-refractivity contribution is 0.0445. The van der Waals surface area contributed by atoms with Crippen molar-refractivity contribution < 1.29 is 5.11 Å². The molecule has 0 bridgehead atoms. The molecule has 0 spiro atoms. The Labute approximate surface area is 90.5 Å². The van der Waals surface area contributed by atoms with Crippen LogP contribution in [-0.4, -0.2) is 23.2 Å². The van der Waals surface area contributed by atoms with Gasteiger partial charge in [-0.25, -0.2) is 0 Å². The number of rotatable bonds is 5. The van der Waals surface area contributed by atoms with Crippen molar-refractivity contribution in [3.05, 3.63) is 30.1 Å². The summed E-state index contributed by atoms with van der Waals surface area (Å²) in [5.74, 6) is 0. The van der Waals surface area contributed by atoms with E-state index in [0.29, 0.717) is 6.61 Å². The Morgan fingerprint density at radius 3 is 2.87 bits per heavy atom. The fourth-order valence-electron chi connectivity index (χ4n) is 2.04. The second kappa shape index (κ2) is 4.73. The van der Waals surface area contributed by atoms with Crippen LogP contribution in [0.25, 0.3) is 0 Å². The lowest BCUT2D eigenvalue weighted by Gasteiger charge is -2.40. The minimum absolute atomic E-state index is 0.169. The predicted octanol–water partition coefficient (Wildman–Crippen LogP) is 1.33. The molecular weight excluding hydrogens is 188 g/mol. The number of nitrogens with one attached hydrogen (secondary N) is 1. The maximum absolute atomic E-state index is 9.28. The average Bonchev–Trinajstić information content (AvgIpc) is 2.24. The van der Waals surface area contributed by atoms with Crippen LogP contribution in [-0.2, 0) is 6.54 Å². The molecule has 82 valence electrons. The van der Waals surface area contributed by atoms with Gasteiger partial charge in [0.2, 0.25) is 0 Å². The summed E-state index contributed by atoms with van der Waals surface area (Å²) in [5, 5.41) is 12.7. The van der Waals surface area contributed by atoms with Gasteiger partial charge in [-0.3, -0.25) is 4.98 Å². The van der Waals surface area contributed by atoms with Gasteiger partial charge in [-0.15, -0.1) is 0 Å². The van der Waals surface area contributed by atoms with Gasteiger partial charge in [0.05, 0.1) is 0 Å². The van der Waals surface area contributed by atoms with Crippen molar-refractivity contribution in [2.24, 2.45) is 5.41 Å². The van der Waals surface area contributed by atoms with Crippen molar-refractivity contribution in [1.29, 1.82) is 0 Å². The monoisotopic (exact) mass is 206 g/mol. The van der Waals surface area contributed by atoms with E-state index in [1.54, 1.807) is 6.20 Å². The molecule has 1 saturated carbocycles. The zero-order valence-corrected chi connectivity index (χ0v) is 8.95. The summed E-state index contributed by atoms with van der Waals surface area (Å²) >= 11 is 0. The molecule has 3 heteroatoms. The van der Waals surface area contributed by atoms with Crippen LogP contribution in [0.1, 0.15) is 24.8 Å². The van der Waals surface area contributed by atoms with Crippen molar-refractivity contribution in [1.82, 2.24) is 10.3 Å². The Morgan fingerprint density at radius 1 is 1.47 bits per heavy atom. The number of nitrogens with zero attached hydrogens (tertiary/aromatic N) is 1. The Balaban J connectivity index is 1.75. The van der Waals surface area contributed by atoms with Gasteiger partial charge in [0.1, 0.15) is 0 Å². The van der Waals surface area contributed by atoms with E-state index in [0.717, 1.165) is 25.9 Å². The van der Waals surface area contributed by atoms with Gasteiger partial charge in [0, 0.05) is 37.5 Å². The Bertz CT molecular complexity index is 290. The van der Waals surface area contributed by atoms with Crippen molar-refractivity contribution in [2.45, 2.75) is 25.8 Å². The summed E-state index contributed by atoms with van der Waals surface area (Å²) in [6, 6.07) is 4.01. The van der Waals surface area contributed by atoms with Crippen molar-refractivity contribution >= 4 is 0 Å². The van der Waals surface area contributed by atoms with Gasteiger partial charge in [-0.1, -0.05) is 12.5 Å². The van der Waals surface area contributed by atoms with Gasteiger partial charge in [0.15, 0.2) is 0 Å². The topological polar surface area (TPSA) is 45.1 Å². The third-order valence-electron chi connectivity index (χ3n) is 3.30. The summed E-state index contributed by atoms with van der Waals surface area (Å²) in [6.07, 6.45) is 7.23. The third kappa shape index (κ3) is 2.55. The highest BCUT2D eigenvalue weighted by Crippen LogP contribution is 2.39. The summed E-state index contributed by atoms with van der Waals surface area (Å²) in [5.41, 5.74) is 1.37. The number of hydrogen-bond donors (Lipinski definition) is 2. The molecule has 1 aliphatic carbocycles. The molecule has 3 nitrogen and oxygen atoms in total. The summed E-state index contributed by atoms with van der Waals surface area (Å²) in [7, 11) is 0. The highest BCUT2D eigenvalue weighted by atomic mass is 16.3. The Hall–Kier alpha value is -0.930. The zero-order chi connectivity index (χ0) is 10.6. The fourth-order valence-corrected chi connectivity index (χ4v) is 2.04. The second-order valence-corrected chi connectivity index (χ2v) is 4.48. The van der Waals surface area contributed by atoms with E-state index in [1.165, 1.54) is 12.0 Å². The molecule has 0 unspecified atom stereocenters. The van der Waals surface area contributed by atoms with Crippen LogP contribution in [0, 0.1) is 5.41 Å². The number of aliphatic hydroxyl groups is 1. The first-order valence-corrected chi connectivity index (χ1v) is 5.55. The molecule has 0 saturated heterocycles. The standard InChI is InChI=1S/C12H18N2O/c15-10-12(4-2-5-12)9-14-8-11-3-1-6-13-7-11/h1,3,6-7,14-15H,2,4-5,8-10H2. The van der Waals surface area contributed by atoms with Crippen LogP contribution in [0.5, 0.6) is 0 Å². The van der Waals surface area contributed by atoms with Gasteiger partial charge in [-0.05, 0) is 24.5 Å². The van der Waals surface area contributed by atoms with E-state index in [1.807, 2.05) is 12.3 Å². The average molecular weight is 206 g/mol. The molecule has 0 atom stereocenters. The molecule has 1 aromatic rings. The molecule has 1 aromatic heterocycles. The summed E-state index contributed by atoms with van der Waals surface area (Å²) in [4.78, 5) is 4.06. The molecule has 0 aliphatic heterocycles. The summed E-state index contributed by atoms with van der Waals surface area (Å²) in [6.45, 7) is 2.07. The minimum Gasteiger partial charge on any atom is -0.396 e. The van der Waals surface area contributed by atoms with Crippen molar-refractivity contribution in [3.8, 4) is 0 Å². The minimum atomic E-state index is 0.169. The predicted molar refractivity (Wildman–Crippen MR) is 59.3 cm³/mol. The Kier molecular flexibility index (Phi) is 3.34. The molecule has 15 heavy (non-hydrogen) atoms. The van der Waals surface area contributed by atoms with Crippen LogP contribution in [0.4, 0.5) is 0 Å². The van der Waals surface area contributed by atoms with E-state index in [-0.39, 0.29) is 5.41 Å². The van der Waals surface area contributed by atoms with E-state index >= 15 is 0 Å². The van der Waals surface area contributed by atoms with Gasteiger partial charge >= 0.3 is 0 Å². The van der Waals surface area contributed by atoms with Gasteiger partial charge in [-0.2, -0.15) is 0 Å². The van der Waals surface area contributed by atoms with Gasteiger partial charge in [0.25, 0.3) is 0 Å². The second-order valence-electron chi connectivity index (χ2n) is 4.48. The van der Waals surface area contributed by atoms with Crippen LogP contribution in [0.2, 0.25) is 0 Å². The SMILES string of the molecule is OCC1(CNCc2cccnc2)CCC1. The third-order valence-corrected chi connectivity index (χ3v) is 3.30. The van der Waals surface area contributed by atoms with Crippen LogP contribution in [0.3, 0.4) is 0 Å².